The van der Waals surface area contributed by atoms with Crippen LogP contribution in [-0.2, 0) is 6.54 Å². The summed E-state index contributed by atoms with van der Waals surface area (Å²) in [6, 6.07) is 5.58. The molecule has 1 heterocycles. The lowest BCUT2D eigenvalue weighted by Crippen LogP contribution is -2.18. The summed E-state index contributed by atoms with van der Waals surface area (Å²) in [5, 5.41) is 5.87. The van der Waals surface area contributed by atoms with Crippen molar-refractivity contribution in [3.05, 3.63) is 47.5 Å². The summed E-state index contributed by atoms with van der Waals surface area (Å²) >= 11 is 0. The number of benzene rings is 1. The Bertz CT molecular complexity index is 534. The lowest BCUT2D eigenvalue weighted by Gasteiger charge is -2.10. The second kappa shape index (κ2) is 5.35. The smallest absolute Gasteiger partial charge is 0.251 e. The van der Waals surface area contributed by atoms with Gasteiger partial charge in [0.25, 0.3) is 5.91 Å². The number of carbonyl (C=O) groups excluding carboxylic acids is 1. The fourth-order valence-electron chi connectivity index (χ4n) is 1.67. The molecule has 2 aromatic rings. The van der Waals surface area contributed by atoms with Crippen molar-refractivity contribution < 1.29 is 4.79 Å². The molecule has 0 saturated carbocycles. The molecule has 3 N–H and O–H groups in total. The monoisotopic (exact) mass is 244 g/mol. The number of aromatic nitrogens is 2. The van der Waals surface area contributed by atoms with Crippen molar-refractivity contribution in [2.45, 2.75) is 13.5 Å². The molecular formula is C13H16N4O. The van der Waals surface area contributed by atoms with Crippen molar-refractivity contribution in [1.29, 1.82) is 0 Å². The third-order valence-corrected chi connectivity index (χ3v) is 2.73. The zero-order valence-electron chi connectivity index (χ0n) is 10.4. The first kappa shape index (κ1) is 12.2. The number of hydrogen-bond donors (Lipinski definition) is 3. The summed E-state index contributed by atoms with van der Waals surface area (Å²) in [6.07, 6.45) is 3.50. The summed E-state index contributed by atoms with van der Waals surface area (Å²) in [6.45, 7) is 2.60. The topological polar surface area (TPSA) is 69.8 Å². The predicted octanol–water partition coefficient (Wildman–Crippen LogP) is 1.69. The highest BCUT2D eigenvalue weighted by atomic mass is 16.1. The molecule has 0 spiro atoms. The second-order valence-electron chi connectivity index (χ2n) is 4.00. The van der Waals surface area contributed by atoms with Gasteiger partial charge in [0.15, 0.2) is 0 Å². The van der Waals surface area contributed by atoms with Gasteiger partial charge in [-0.1, -0.05) is 6.07 Å². The lowest BCUT2D eigenvalue weighted by molar-refractivity contribution is 0.0963. The Morgan fingerprint density at radius 3 is 2.94 bits per heavy atom. The van der Waals surface area contributed by atoms with Gasteiger partial charge >= 0.3 is 0 Å². The van der Waals surface area contributed by atoms with Crippen molar-refractivity contribution in [2.75, 3.05) is 12.4 Å². The molecule has 1 amide bonds. The summed E-state index contributed by atoms with van der Waals surface area (Å²) in [5.41, 5.74) is 2.67. The van der Waals surface area contributed by atoms with Gasteiger partial charge in [-0.25, -0.2) is 4.98 Å². The van der Waals surface area contributed by atoms with E-state index in [1.807, 2.05) is 25.1 Å². The fraction of sp³-hybridized carbons (Fsp3) is 0.231. The van der Waals surface area contributed by atoms with E-state index in [4.69, 9.17) is 0 Å². The molecule has 0 saturated heterocycles. The number of nitrogens with one attached hydrogen (secondary N) is 3. The van der Waals surface area contributed by atoms with E-state index in [9.17, 15) is 4.79 Å². The van der Waals surface area contributed by atoms with E-state index in [1.165, 1.54) is 0 Å². The van der Waals surface area contributed by atoms with Gasteiger partial charge in [-0.2, -0.15) is 0 Å². The third kappa shape index (κ3) is 2.68. The molecule has 0 unspecified atom stereocenters. The molecular weight excluding hydrogens is 228 g/mol. The van der Waals surface area contributed by atoms with Crippen LogP contribution in [0.5, 0.6) is 0 Å². The van der Waals surface area contributed by atoms with E-state index in [0.717, 1.165) is 17.1 Å². The molecule has 0 radical (unpaired) electrons. The Morgan fingerprint density at radius 1 is 1.44 bits per heavy atom. The van der Waals surface area contributed by atoms with Gasteiger partial charge in [0.05, 0.1) is 6.54 Å². The Balaban J connectivity index is 2.13. The van der Waals surface area contributed by atoms with Crippen LogP contribution in [0.1, 0.15) is 21.7 Å². The number of anilines is 1. The molecule has 1 aromatic carbocycles. The van der Waals surface area contributed by atoms with Gasteiger partial charge < -0.3 is 15.6 Å². The minimum Gasteiger partial charge on any atom is -0.378 e. The number of aryl methyl sites for hydroxylation is 1. The van der Waals surface area contributed by atoms with E-state index >= 15 is 0 Å². The van der Waals surface area contributed by atoms with Gasteiger partial charge in [0.1, 0.15) is 5.82 Å². The number of amides is 1. The molecule has 0 aliphatic heterocycles. The third-order valence-electron chi connectivity index (χ3n) is 2.73. The molecule has 2 rings (SSSR count). The Morgan fingerprint density at radius 2 is 2.28 bits per heavy atom. The SMILES string of the molecule is CNC(=O)c1ccc(C)c(NCc2ncc[nH]2)c1. The Hall–Kier alpha value is -2.30. The first-order chi connectivity index (χ1) is 8.70. The molecule has 94 valence electrons. The predicted molar refractivity (Wildman–Crippen MR) is 70.5 cm³/mol. The van der Waals surface area contributed by atoms with E-state index in [-0.39, 0.29) is 5.91 Å². The molecule has 0 aliphatic carbocycles. The van der Waals surface area contributed by atoms with Crippen molar-refractivity contribution in [2.24, 2.45) is 0 Å². The van der Waals surface area contributed by atoms with Crippen LogP contribution in [0.4, 0.5) is 5.69 Å². The van der Waals surface area contributed by atoms with E-state index in [1.54, 1.807) is 19.4 Å². The van der Waals surface area contributed by atoms with Gasteiger partial charge in [-0.3, -0.25) is 4.79 Å². The van der Waals surface area contributed by atoms with E-state index < -0.39 is 0 Å². The second-order valence-corrected chi connectivity index (χ2v) is 4.00. The van der Waals surface area contributed by atoms with E-state index in [2.05, 4.69) is 20.6 Å². The average Bonchev–Trinajstić information content (AvgIpc) is 2.90. The number of H-pyrrole nitrogens is 1. The zero-order chi connectivity index (χ0) is 13.0. The van der Waals surface area contributed by atoms with Crippen molar-refractivity contribution in [3.8, 4) is 0 Å². The van der Waals surface area contributed by atoms with Crippen molar-refractivity contribution in [3.63, 3.8) is 0 Å². The van der Waals surface area contributed by atoms with Crippen LogP contribution in [0.15, 0.2) is 30.6 Å². The molecule has 5 heteroatoms. The fourth-order valence-corrected chi connectivity index (χ4v) is 1.67. The maximum absolute atomic E-state index is 11.6. The summed E-state index contributed by atoms with van der Waals surface area (Å²) in [5.74, 6) is 0.774. The molecule has 18 heavy (non-hydrogen) atoms. The molecule has 0 fully saturated rings. The van der Waals surface area contributed by atoms with Gasteiger partial charge in [-0.05, 0) is 24.6 Å². The summed E-state index contributed by atoms with van der Waals surface area (Å²) < 4.78 is 0. The lowest BCUT2D eigenvalue weighted by atomic mass is 10.1. The number of nitrogens with zero attached hydrogens (tertiary/aromatic N) is 1. The minimum atomic E-state index is -0.0870. The van der Waals surface area contributed by atoms with Crippen molar-refractivity contribution >= 4 is 11.6 Å². The normalized spacial score (nSPS) is 10.1. The van der Waals surface area contributed by atoms with Crippen LogP contribution in [0.2, 0.25) is 0 Å². The van der Waals surface area contributed by atoms with Crippen LogP contribution >= 0.6 is 0 Å². The highest BCUT2D eigenvalue weighted by molar-refractivity contribution is 5.95. The largest absolute Gasteiger partial charge is 0.378 e. The van der Waals surface area contributed by atoms with Crippen LogP contribution in [0.25, 0.3) is 0 Å². The number of aromatic amines is 1. The van der Waals surface area contributed by atoms with Crippen LogP contribution in [0.3, 0.4) is 0 Å². The van der Waals surface area contributed by atoms with Crippen molar-refractivity contribution in [1.82, 2.24) is 15.3 Å². The Kier molecular flexibility index (Phi) is 3.62. The molecule has 1 aromatic heterocycles. The number of imidazole rings is 1. The highest BCUT2D eigenvalue weighted by Gasteiger charge is 2.06. The summed E-state index contributed by atoms with van der Waals surface area (Å²) in [4.78, 5) is 18.7. The first-order valence-corrected chi connectivity index (χ1v) is 5.75. The minimum absolute atomic E-state index is 0.0870. The van der Waals surface area contributed by atoms with E-state index in [0.29, 0.717) is 12.1 Å². The van der Waals surface area contributed by atoms with Gasteiger partial charge in [0, 0.05) is 30.7 Å². The molecule has 0 atom stereocenters. The number of carbonyl (C=O) groups is 1. The molecule has 5 nitrogen and oxygen atoms in total. The average molecular weight is 244 g/mol. The molecule has 0 aliphatic rings. The Labute approximate surface area is 106 Å². The zero-order valence-corrected chi connectivity index (χ0v) is 10.4. The standard InChI is InChI=1S/C13H16N4O/c1-9-3-4-10(13(18)14-2)7-11(9)17-8-12-15-5-6-16-12/h3-7,17H,8H2,1-2H3,(H,14,18)(H,15,16). The van der Waals surface area contributed by atoms with Crippen LogP contribution in [0, 0.1) is 6.92 Å². The first-order valence-electron chi connectivity index (χ1n) is 5.75. The number of hydrogen-bond acceptors (Lipinski definition) is 3. The maximum Gasteiger partial charge on any atom is 0.251 e. The van der Waals surface area contributed by atoms with Gasteiger partial charge in [0.2, 0.25) is 0 Å². The van der Waals surface area contributed by atoms with Gasteiger partial charge in [-0.15, -0.1) is 0 Å². The highest BCUT2D eigenvalue weighted by Crippen LogP contribution is 2.17. The quantitative estimate of drug-likeness (QED) is 0.766. The van der Waals surface area contributed by atoms with Crippen LogP contribution < -0.4 is 10.6 Å². The summed E-state index contributed by atoms with van der Waals surface area (Å²) in [7, 11) is 1.62. The van der Waals surface area contributed by atoms with Crippen LogP contribution in [-0.4, -0.2) is 22.9 Å². The number of rotatable bonds is 4. The maximum atomic E-state index is 11.6. The molecule has 0 bridgehead atoms.